The van der Waals surface area contributed by atoms with Crippen LogP contribution in [0.4, 0.5) is 17.1 Å². The van der Waals surface area contributed by atoms with Gasteiger partial charge in [0.05, 0.1) is 0 Å². The molecule has 54 heavy (non-hydrogen) atoms. The van der Waals surface area contributed by atoms with Crippen LogP contribution in [0.3, 0.4) is 0 Å². The third kappa shape index (κ3) is 4.72. The average molecular weight is 710 g/mol. The van der Waals surface area contributed by atoms with Crippen LogP contribution in [0.1, 0.15) is 25.0 Å². The van der Waals surface area contributed by atoms with E-state index >= 15 is 0 Å². The predicted molar refractivity (Wildman–Crippen MR) is 230 cm³/mol. The molecule has 0 saturated heterocycles. The van der Waals surface area contributed by atoms with E-state index in [4.69, 9.17) is 4.42 Å². The first-order valence-corrected chi connectivity index (χ1v) is 19.4. The van der Waals surface area contributed by atoms with E-state index in [0.29, 0.717) is 0 Å². The highest BCUT2D eigenvalue weighted by Crippen LogP contribution is 2.51. The minimum atomic E-state index is -0.0998. The fourth-order valence-electron chi connectivity index (χ4n) is 8.76. The standard InChI is InChI=1S/C51H35NOS/c1-51(2)45-17-8-6-13-39(45)40-26-24-37(31-46(40)51)52(35-22-19-33(20-23-35)32-11-4-3-5-12-32)36-25-28-49-44(30-36)43-29-34(21-27-48(43)54-49)38-15-10-16-42-41-14-7-9-18-47(41)53-50(38)42/h3-31H,1-2H3. The number of hydrogen-bond donors (Lipinski definition) is 0. The zero-order chi connectivity index (χ0) is 36.0. The minimum absolute atomic E-state index is 0.0998. The van der Waals surface area contributed by atoms with E-state index in [1.807, 2.05) is 17.4 Å². The van der Waals surface area contributed by atoms with E-state index in [-0.39, 0.29) is 5.41 Å². The first-order valence-electron chi connectivity index (χ1n) is 18.6. The summed E-state index contributed by atoms with van der Waals surface area (Å²) in [6, 6.07) is 64.2. The van der Waals surface area contributed by atoms with Crippen molar-refractivity contribution in [2.45, 2.75) is 19.3 Å². The third-order valence-corrected chi connectivity index (χ3v) is 12.6. The number of para-hydroxylation sites is 2. The third-order valence-electron chi connectivity index (χ3n) is 11.5. The summed E-state index contributed by atoms with van der Waals surface area (Å²) in [6.45, 7) is 4.71. The lowest BCUT2D eigenvalue weighted by Crippen LogP contribution is -2.16. The Morgan fingerprint density at radius 2 is 1.04 bits per heavy atom. The molecule has 11 rings (SSSR count). The van der Waals surface area contributed by atoms with Gasteiger partial charge in [-0.1, -0.05) is 129 Å². The van der Waals surface area contributed by atoms with Crippen LogP contribution < -0.4 is 4.90 Å². The van der Waals surface area contributed by atoms with E-state index < -0.39 is 0 Å². The van der Waals surface area contributed by atoms with Crippen molar-refractivity contribution in [3.63, 3.8) is 0 Å². The number of fused-ring (bicyclic) bond motifs is 9. The number of benzene rings is 8. The predicted octanol–water partition coefficient (Wildman–Crippen LogP) is 15.1. The zero-order valence-corrected chi connectivity index (χ0v) is 30.8. The molecule has 0 amide bonds. The smallest absolute Gasteiger partial charge is 0.143 e. The van der Waals surface area contributed by atoms with Gasteiger partial charge in [0, 0.05) is 59.0 Å². The molecule has 2 aromatic heterocycles. The van der Waals surface area contributed by atoms with Gasteiger partial charge in [-0.05, 0) is 99.6 Å². The first-order chi connectivity index (χ1) is 26.5. The van der Waals surface area contributed by atoms with Crippen molar-refractivity contribution in [2.75, 3.05) is 4.90 Å². The van der Waals surface area contributed by atoms with Gasteiger partial charge in [0.15, 0.2) is 0 Å². The van der Waals surface area contributed by atoms with Crippen LogP contribution in [0.25, 0.3) is 75.5 Å². The Bertz CT molecular complexity index is 3080. The van der Waals surface area contributed by atoms with Crippen molar-refractivity contribution in [2.24, 2.45) is 0 Å². The Labute approximate surface area is 318 Å². The molecule has 0 aliphatic heterocycles. The van der Waals surface area contributed by atoms with Gasteiger partial charge in [-0.3, -0.25) is 0 Å². The van der Waals surface area contributed by atoms with Gasteiger partial charge in [-0.2, -0.15) is 0 Å². The molecular formula is C51H35NOS. The summed E-state index contributed by atoms with van der Waals surface area (Å²) < 4.78 is 9.02. The number of nitrogens with zero attached hydrogens (tertiary/aromatic N) is 1. The highest BCUT2D eigenvalue weighted by molar-refractivity contribution is 7.25. The van der Waals surface area contributed by atoms with Crippen molar-refractivity contribution in [3.05, 3.63) is 187 Å². The highest BCUT2D eigenvalue weighted by atomic mass is 32.1. The Balaban J connectivity index is 1.08. The SMILES string of the molecule is CC1(C)c2ccccc2-c2ccc(N(c3ccc(-c4ccccc4)cc3)c3ccc4sc5ccc(-c6cccc7c6oc6ccccc67)cc5c4c3)cc21. The summed E-state index contributed by atoms with van der Waals surface area (Å²) in [4.78, 5) is 2.43. The molecule has 10 aromatic rings. The van der Waals surface area contributed by atoms with Gasteiger partial charge in [-0.25, -0.2) is 0 Å². The molecule has 0 bridgehead atoms. The van der Waals surface area contributed by atoms with Crippen LogP contribution in [0.15, 0.2) is 180 Å². The number of rotatable bonds is 5. The van der Waals surface area contributed by atoms with Gasteiger partial charge in [0.2, 0.25) is 0 Å². The minimum Gasteiger partial charge on any atom is -0.455 e. The van der Waals surface area contributed by atoms with Crippen LogP contribution in [0.5, 0.6) is 0 Å². The van der Waals surface area contributed by atoms with E-state index in [2.05, 4.69) is 189 Å². The summed E-state index contributed by atoms with van der Waals surface area (Å²) in [6.07, 6.45) is 0. The lowest BCUT2D eigenvalue weighted by atomic mass is 9.82. The van der Waals surface area contributed by atoms with Gasteiger partial charge >= 0.3 is 0 Å². The monoisotopic (exact) mass is 709 g/mol. The van der Waals surface area contributed by atoms with E-state index in [1.54, 1.807) is 0 Å². The Hall–Kier alpha value is -6.42. The molecule has 0 saturated carbocycles. The molecular weight excluding hydrogens is 675 g/mol. The van der Waals surface area contributed by atoms with Crippen molar-refractivity contribution in [3.8, 4) is 33.4 Å². The van der Waals surface area contributed by atoms with Gasteiger partial charge in [-0.15, -0.1) is 11.3 Å². The first kappa shape index (κ1) is 31.1. The van der Waals surface area contributed by atoms with Crippen molar-refractivity contribution in [1.82, 2.24) is 0 Å². The number of furan rings is 1. The van der Waals surface area contributed by atoms with E-state index in [9.17, 15) is 0 Å². The maximum absolute atomic E-state index is 6.47. The second-order valence-electron chi connectivity index (χ2n) is 14.9. The topological polar surface area (TPSA) is 16.4 Å². The number of hydrogen-bond acceptors (Lipinski definition) is 3. The molecule has 0 radical (unpaired) electrons. The molecule has 0 unspecified atom stereocenters. The summed E-state index contributed by atoms with van der Waals surface area (Å²) in [5, 5.41) is 4.81. The van der Waals surface area contributed by atoms with E-state index in [0.717, 1.165) is 50.1 Å². The zero-order valence-electron chi connectivity index (χ0n) is 30.0. The maximum Gasteiger partial charge on any atom is 0.143 e. The summed E-state index contributed by atoms with van der Waals surface area (Å²) in [5.74, 6) is 0. The maximum atomic E-state index is 6.47. The van der Waals surface area contributed by atoms with Crippen LogP contribution in [0.2, 0.25) is 0 Å². The molecule has 0 spiro atoms. The molecule has 256 valence electrons. The normalized spacial score (nSPS) is 13.1. The van der Waals surface area contributed by atoms with Crippen LogP contribution in [0, 0.1) is 0 Å². The Kier molecular flexibility index (Phi) is 6.80. The molecule has 0 fully saturated rings. The summed E-state index contributed by atoms with van der Waals surface area (Å²) >= 11 is 1.85. The largest absolute Gasteiger partial charge is 0.455 e. The number of thiophene rings is 1. The summed E-state index contributed by atoms with van der Waals surface area (Å²) in [7, 11) is 0. The van der Waals surface area contributed by atoms with Crippen LogP contribution in [-0.4, -0.2) is 0 Å². The second-order valence-corrected chi connectivity index (χ2v) is 16.0. The van der Waals surface area contributed by atoms with Gasteiger partial charge < -0.3 is 9.32 Å². The lowest BCUT2D eigenvalue weighted by Gasteiger charge is -2.28. The molecule has 2 nitrogen and oxygen atoms in total. The van der Waals surface area contributed by atoms with E-state index in [1.165, 1.54) is 53.6 Å². The van der Waals surface area contributed by atoms with Gasteiger partial charge in [0.1, 0.15) is 11.2 Å². The molecule has 1 aliphatic carbocycles. The molecule has 2 heterocycles. The van der Waals surface area contributed by atoms with Crippen molar-refractivity contribution in [1.29, 1.82) is 0 Å². The molecule has 1 aliphatic rings. The van der Waals surface area contributed by atoms with Crippen molar-refractivity contribution < 1.29 is 4.42 Å². The Morgan fingerprint density at radius 3 is 1.91 bits per heavy atom. The lowest BCUT2D eigenvalue weighted by molar-refractivity contribution is 0.660. The second kappa shape index (κ2) is 11.8. The molecule has 3 heteroatoms. The quantitative estimate of drug-likeness (QED) is 0.177. The fourth-order valence-corrected chi connectivity index (χ4v) is 9.83. The average Bonchev–Trinajstić information content (AvgIpc) is 3.86. The highest BCUT2D eigenvalue weighted by Gasteiger charge is 2.35. The Morgan fingerprint density at radius 1 is 0.426 bits per heavy atom. The summed E-state index contributed by atoms with van der Waals surface area (Å²) in [5.41, 5.74) is 15.3. The van der Waals surface area contributed by atoms with Gasteiger partial charge in [0.25, 0.3) is 0 Å². The molecule has 0 N–H and O–H groups in total. The van der Waals surface area contributed by atoms with Crippen LogP contribution in [-0.2, 0) is 5.41 Å². The van der Waals surface area contributed by atoms with Crippen LogP contribution >= 0.6 is 11.3 Å². The molecule has 0 atom stereocenters. The fraction of sp³-hybridized carbons (Fsp3) is 0.0588. The molecule has 8 aromatic carbocycles. The number of anilines is 3. The van der Waals surface area contributed by atoms with Crippen molar-refractivity contribution >= 4 is 70.5 Å².